The van der Waals surface area contributed by atoms with E-state index in [9.17, 15) is 17.6 Å². The van der Waals surface area contributed by atoms with E-state index in [2.05, 4.69) is 4.42 Å². The number of benzene rings is 1. The van der Waals surface area contributed by atoms with Gasteiger partial charge in [0.1, 0.15) is 11.6 Å². The van der Waals surface area contributed by atoms with Crippen LogP contribution in [-0.2, 0) is 6.18 Å². The number of furan rings is 1. The third kappa shape index (κ3) is 2.08. The molecule has 0 N–H and O–H groups in total. The Kier molecular flexibility index (Phi) is 2.46. The molecule has 84 valence electrons. The molecule has 1 heterocycles. The zero-order chi connectivity index (χ0) is 11.8. The molecule has 0 atom stereocenters. The summed E-state index contributed by atoms with van der Waals surface area (Å²) >= 11 is 0. The molecular weight excluding hydrogens is 224 g/mol. The van der Waals surface area contributed by atoms with E-state index in [1.54, 1.807) is 0 Å². The molecule has 0 unspecified atom stereocenters. The quantitative estimate of drug-likeness (QED) is 0.672. The number of halogens is 4. The van der Waals surface area contributed by atoms with E-state index in [-0.39, 0.29) is 5.76 Å². The van der Waals surface area contributed by atoms with Gasteiger partial charge in [0.15, 0.2) is 0 Å². The molecule has 0 aliphatic rings. The van der Waals surface area contributed by atoms with Crippen molar-refractivity contribution in [3.8, 4) is 11.3 Å². The molecule has 0 spiro atoms. The predicted molar refractivity (Wildman–Crippen MR) is 49.1 cm³/mol. The summed E-state index contributed by atoms with van der Waals surface area (Å²) in [6.45, 7) is 0. The number of hydrogen-bond acceptors (Lipinski definition) is 1. The summed E-state index contributed by atoms with van der Waals surface area (Å²) in [7, 11) is 0. The highest BCUT2D eigenvalue weighted by atomic mass is 19.4. The summed E-state index contributed by atoms with van der Waals surface area (Å²) in [5, 5.41) is 0. The molecule has 0 bridgehead atoms. The molecule has 2 aromatic rings. The highest BCUT2D eigenvalue weighted by Crippen LogP contribution is 2.33. The van der Waals surface area contributed by atoms with Gasteiger partial charge in [-0.2, -0.15) is 13.2 Å². The summed E-state index contributed by atoms with van der Waals surface area (Å²) in [6, 6.07) is 7.08. The molecule has 0 saturated heterocycles. The number of alkyl halides is 3. The average Bonchev–Trinajstić information content (AvgIpc) is 2.67. The maximum atomic E-state index is 12.6. The van der Waals surface area contributed by atoms with E-state index in [1.165, 1.54) is 18.2 Å². The monoisotopic (exact) mass is 230 g/mol. The SMILES string of the molecule is Fc1ccc(-c2ccc(C(F)(F)F)o2)cc1. The van der Waals surface area contributed by atoms with Crippen LogP contribution in [0.3, 0.4) is 0 Å². The topological polar surface area (TPSA) is 13.1 Å². The van der Waals surface area contributed by atoms with Gasteiger partial charge in [-0.25, -0.2) is 4.39 Å². The molecule has 1 aromatic heterocycles. The van der Waals surface area contributed by atoms with Crippen molar-refractivity contribution in [3.05, 3.63) is 48.0 Å². The maximum absolute atomic E-state index is 12.6. The van der Waals surface area contributed by atoms with Gasteiger partial charge in [0, 0.05) is 5.56 Å². The first-order chi connectivity index (χ1) is 7.47. The second-order valence-corrected chi connectivity index (χ2v) is 3.17. The third-order valence-corrected chi connectivity index (χ3v) is 2.01. The summed E-state index contributed by atoms with van der Waals surface area (Å²) in [5.74, 6) is -1.45. The minimum Gasteiger partial charge on any atom is -0.452 e. The lowest BCUT2D eigenvalue weighted by Crippen LogP contribution is -2.01. The Labute approximate surface area is 88.3 Å². The van der Waals surface area contributed by atoms with Crippen molar-refractivity contribution < 1.29 is 22.0 Å². The first kappa shape index (κ1) is 10.7. The Hall–Kier alpha value is -1.78. The van der Waals surface area contributed by atoms with E-state index in [4.69, 9.17) is 0 Å². The van der Waals surface area contributed by atoms with Crippen LogP contribution >= 0.6 is 0 Å². The van der Waals surface area contributed by atoms with E-state index in [0.717, 1.165) is 18.2 Å². The van der Waals surface area contributed by atoms with Crippen LogP contribution in [0.1, 0.15) is 5.76 Å². The van der Waals surface area contributed by atoms with Gasteiger partial charge in [0.2, 0.25) is 5.76 Å². The fraction of sp³-hybridized carbons (Fsp3) is 0.0909. The molecule has 0 saturated carbocycles. The smallest absolute Gasteiger partial charge is 0.449 e. The van der Waals surface area contributed by atoms with Gasteiger partial charge in [-0.15, -0.1) is 0 Å². The van der Waals surface area contributed by atoms with Crippen molar-refractivity contribution in [3.63, 3.8) is 0 Å². The van der Waals surface area contributed by atoms with Crippen LogP contribution in [0.5, 0.6) is 0 Å². The highest BCUT2D eigenvalue weighted by molar-refractivity contribution is 5.57. The van der Waals surface area contributed by atoms with Crippen LogP contribution in [0.4, 0.5) is 17.6 Å². The van der Waals surface area contributed by atoms with Gasteiger partial charge in [0.05, 0.1) is 0 Å². The van der Waals surface area contributed by atoms with Gasteiger partial charge >= 0.3 is 6.18 Å². The van der Waals surface area contributed by atoms with E-state index >= 15 is 0 Å². The van der Waals surface area contributed by atoms with Crippen molar-refractivity contribution in [2.75, 3.05) is 0 Å². The lowest BCUT2D eigenvalue weighted by molar-refractivity contribution is -0.152. The van der Waals surface area contributed by atoms with Crippen LogP contribution in [0.2, 0.25) is 0 Å². The normalized spacial score (nSPS) is 11.8. The zero-order valence-electron chi connectivity index (χ0n) is 7.88. The molecule has 0 amide bonds. The zero-order valence-corrected chi connectivity index (χ0v) is 7.88. The molecule has 0 fully saturated rings. The molecule has 1 aromatic carbocycles. The Morgan fingerprint density at radius 1 is 0.875 bits per heavy atom. The first-order valence-electron chi connectivity index (χ1n) is 4.40. The summed E-state index contributed by atoms with van der Waals surface area (Å²) in [5.41, 5.74) is 0.400. The Balaban J connectivity index is 2.35. The summed E-state index contributed by atoms with van der Waals surface area (Å²) in [6.07, 6.45) is -4.50. The van der Waals surface area contributed by atoms with E-state index in [0.29, 0.717) is 5.56 Å². The van der Waals surface area contributed by atoms with Crippen molar-refractivity contribution in [2.24, 2.45) is 0 Å². The molecule has 1 nitrogen and oxygen atoms in total. The van der Waals surface area contributed by atoms with Gasteiger partial charge in [0.25, 0.3) is 0 Å². The summed E-state index contributed by atoms with van der Waals surface area (Å²) in [4.78, 5) is 0. The van der Waals surface area contributed by atoms with Crippen LogP contribution in [-0.4, -0.2) is 0 Å². The standard InChI is InChI=1S/C11H6F4O/c12-8-3-1-7(2-4-8)9-5-6-10(16-9)11(13,14)15/h1-6H. The fourth-order valence-electron chi connectivity index (χ4n) is 1.26. The second kappa shape index (κ2) is 3.66. The fourth-order valence-corrected chi connectivity index (χ4v) is 1.26. The number of hydrogen-bond donors (Lipinski definition) is 0. The van der Waals surface area contributed by atoms with Crippen molar-refractivity contribution >= 4 is 0 Å². The van der Waals surface area contributed by atoms with Crippen LogP contribution < -0.4 is 0 Å². The minimum atomic E-state index is -4.50. The van der Waals surface area contributed by atoms with Gasteiger partial charge < -0.3 is 4.42 Å². The van der Waals surface area contributed by atoms with Crippen LogP contribution in [0, 0.1) is 5.82 Å². The van der Waals surface area contributed by atoms with Crippen LogP contribution in [0.25, 0.3) is 11.3 Å². The Morgan fingerprint density at radius 3 is 2.00 bits per heavy atom. The molecule has 16 heavy (non-hydrogen) atoms. The molecule has 5 heteroatoms. The molecule has 0 aliphatic carbocycles. The van der Waals surface area contributed by atoms with Gasteiger partial charge in [-0.3, -0.25) is 0 Å². The Bertz CT molecular complexity index is 481. The van der Waals surface area contributed by atoms with Crippen molar-refractivity contribution in [1.82, 2.24) is 0 Å². The first-order valence-corrected chi connectivity index (χ1v) is 4.40. The minimum absolute atomic E-state index is 0.0623. The maximum Gasteiger partial charge on any atom is 0.449 e. The Morgan fingerprint density at radius 2 is 1.50 bits per heavy atom. The highest BCUT2D eigenvalue weighted by Gasteiger charge is 2.34. The molecule has 0 aliphatic heterocycles. The van der Waals surface area contributed by atoms with Gasteiger partial charge in [-0.1, -0.05) is 0 Å². The second-order valence-electron chi connectivity index (χ2n) is 3.17. The van der Waals surface area contributed by atoms with Crippen molar-refractivity contribution in [2.45, 2.75) is 6.18 Å². The van der Waals surface area contributed by atoms with Crippen LogP contribution in [0.15, 0.2) is 40.8 Å². The number of rotatable bonds is 1. The summed E-state index contributed by atoms with van der Waals surface area (Å²) < 4.78 is 53.9. The predicted octanol–water partition coefficient (Wildman–Crippen LogP) is 4.10. The molecule has 2 rings (SSSR count). The molecule has 0 radical (unpaired) electrons. The third-order valence-electron chi connectivity index (χ3n) is 2.01. The van der Waals surface area contributed by atoms with Gasteiger partial charge in [-0.05, 0) is 36.4 Å². The molecular formula is C11H6F4O. The van der Waals surface area contributed by atoms with E-state index < -0.39 is 17.8 Å². The van der Waals surface area contributed by atoms with E-state index in [1.807, 2.05) is 0 Å². The lowest BCUT2D eigenvalue weighted by Gasteiger charge is -2.01. The average molecular weight is 230 g/mol. The largest absolute Gasteiger partial charge is 0.452 e. The lowest BCUT2D eigenvalue weighted by atomic mass is 10.2. The van der Waals surface area contributed by atoms with Crippen molar-refractivity contribution in [1.29, 1.82) is 0 Å².